The Balaban J connectivity index is 1.75. The SMILES string of the molecule is CC1(C)CN(C(=O)c2ccc(-n3cnnn3)cc2)CCC1N. The van der Waals surface area contributed by atoms with Crippen molar-refractivity contribution < 1.29 is 4.79 Å². The van der Waals surface area contributed by atoms with Crippen LogP contribution in [-0.2, 0) is 0 Å². The fourth-order valence-electron chi connectivity index (χ4n) is 2.77. The van der Waals surface area contributed by atoms with E-state index in [2.05, 4.69) is 29.4 Å². The van der Waals surface area contributed by atoms with Gasteiger partial charge in [0.05, 0.1) is 5.69 Å². The number of carbonyl (C=O) groups is 1. The summed E-state index contributed by atoms with van der Waals surface area (Å²) in [6.07, 6.45) is 2.35. The number of hydrogen-bond donors (Lipinski definition) is 1. The smallest absolute Gasteiger partial charge is 0.253 e. The molecule has 7 heteroatoms. The monoisotopic (exact) mass is 300 g/mol. The Hall–Kier alpha value is -2.28. The van der Waals surface area contributed by atoms with Crippen molar-refractivity contribution in [3.8, 4) is 5.69 Å². The third kappa shape index (κ3) is 2.71. The molecule has 0 aliphatic carbocycles. The lowest BCUT2D eigenvalue weighted by Crippen LogP contribution is -2.53. The molecular formula is C15H20N6O. The number of tetrazole rings is 1. The van der Waals surface area contributed by atoms with Gasteiger partial charge in [0, 0.05) is 24.7 Å². The zero-order chi connectivity index (χ0) is 15.7. The average molecular weight is 300 g/mol. The zero-order valence-electron chi connectivity index (χ0n) is 12.8. The van der Waals surface area contributed by atoms with Crippen molar-refractivity contribution in [2.75, 3.05) is 13.1 Å². The summed E-state index contributed by atoms with van der Waals surface area (Å²) in [7, 11) is 0. The van der Waals surface area contributed by atoms with Crippen LogP contribution in [0.2, 0.25) is 0 Å². The summed E-state index contributed by atoms with van der Waals surface area (Å²) in [4.78, 5) is 14.5. The molecule has 1 amide bonds. The largest absolute Gasteiger partial charge is 0.338 e. The molecule has 0 saturated carbocycles. The number of hydrogen-bond acceptors (Lipinski definition) is 5. The van der Waals surface area contributed by atoms with Gasteiger partial charge in [-0.1, -0.05) is 13.8 Å². The average Bonchev–Trinajstić information content (AvgIpc) is 3.04. The van der Waals surface area contributed by atoms with Crippen molar-refractivity contribution in [3.05, 3.63) is 36.2 Å². The number of amides is 1. The summed E-state index contributed by atoms with van der Waals surface area (Å²) in [6.45, 7) is 5.61. The maximum absolute atomic E-state index is 12.6. The number of carbonyl (C=O) groups excluding carboxylic acids is 1. The number of aromatic nitrogens is 4. The third-order valence-electron chi connectivity index (χ3n) is 4.33. The van der Waals surface area contributed by atoms with E-state index < -0.39 is 0 Å². The molecular weight excluding hydrogens is 280 g/mol. The van der Waals surface area contributed by atoms with Crippen LogP contribution >= 0.6 is 0 Å². The first-order valence-electron chi connectivity index (χ1n) is 7.36. The molecule has 22 heavy (non-hydrogen) atoms. The zero-order valence-corrected chi connectivity index (χ0v) is 12.8. The van der Waals surface area contributed by atoms with Gasteiger partial charge in [0.15, 0.2) is 0 Å². The van der Waals surface area contributed by atoms with Crippen molar-refractivity contribution in [3.63, 3.8) is 0 Å². The quantitative estimate of drug-likeness (QED) is 0.888. The first kappa shape index (κ1) is 14.6. The molecule has 1 aromatic heterocycles. The van der Waals surface area contributed by atoms with Crippen LogP contribution in [0.4, 0.5) is 0 Å². The van der Waals surface area contributed by atoms with Crippen LogP contribution in [0.1, 0.15) is 30.6 Å². The number of likely N-dealkylation sites (tertiary alicyclic amines) is 1. The summed E-state index contributed by atoms with van der Waals surface area (Å²) in [5.41, 5.74) is 7.56. The molecule has 1 aliphatic heterocycles. The van der Waals surface area contributed by atoms with E-state index in [9.17, 15) is 4.79 Å². The van der Waals surface area contributed by atoms with Crippen LogP contribution in [0.15, 0.2) is 30.6 Å². The van der Waals surface area contributed by atoms with Gasteiger partial charge in [0.25, 0.3) is 5.91 Å². The number of nitrogens with two attached hydrogens (primary N) is 1. The summed E-state index contributed by atoms with van der Waals surface area (Å²) in [5.74, 6) is 0.0447. The Bertz CT molecular complexity index is 649. The lowest BCUT2D eigenvalue weighted by atomic mass is 9.79. The molecule has 1 aromatic carbocycles. The Morgan fingerprint density at radius 3 is 2.64 bits per heavy atom. The van der Waals surface area contributed by atoms with E-state index in [1.165, 1.54) is 6.33 Å². The van der Waals surface area contributed by atoms with Crippen molar-refractivity contribution in [2.45, 2.75) is 26.3 Å². The molecule has 7 nitrogen and oxygen atoms in total. The Kier molecular flexibility index (Phi) is 3.66. The number of nitrogens with zero attached hydrogens (tertiary/aromatic N) is 5. The van der Waals surface area contributed by atoms with Crippen molar-refractivity contribution >= 4 is 5.91 Å². The van der Waals surface area contributed by atoms with Gasteiger partial charge in [-0.25, -0.2) is 4.68 Å². The molecule has 1 fully saturated rings. The minimum atomic E-state index is -0.0553. The molecule has 2 N–H and O–H groups in total. The number of piperidine rings is 1. The highest BCUT2D eigenvalue weighted by atomic mass is 16.2. The molecule has 1 saturated heterocycles. The van der Waals surface area contributed by atoms with Gasteiger partial charge in [-0.3, -0.25) is 4.79 Å². The molecule has 0 bridgehead atoms. The highest BCUT2D eigenvalue weighted by Gasteiger charge is 2.35. The standard InChI is InChI=1S/C15H20N6O/c1-15(2)9-20(8-7-13(15)16)14(22)11-3-5-12(6-4-11)21-10-17-18-19-21/h3-6,10,13H,7-9,16H2,1-2H3. The minimum Gasteiger partial charge on any atom is -0.338 e. The van der Waals surface area contributed by atoms with E-state index in [4.69, 9.17) is 5.73 Å². The van der Waals surface area contributed by atoms with Crippen molar-refractivity contribution in [1.82, 2.24) is 25.1 Å². The predicted molar refractivity (Wildman–Crippen MR) is 81.4 cm³/mol. The molecule has 3 rings (SSSR count). The molecule has 2 heterocycles. The van der Waals surface area contributed by atoms with E-state index in [0.717, 1.165) is 12.1 Å². The fourth-order valence-corrected chi connectivity index (χ4v) is 2.77. The van der Waals surface area contributed by atoms with Gasteiger partial charge >= 0.3 is 0 Å². The van der Waals surface area contributed by atoms with E-state index >= 15 is 0 Å². The highest BCUT2D eigenvalue weighted by Crippen LogP contribution is 2.28. The van der Waals surface area contributed by atoms with Gasteiger partial charge in [-0.15, -0.1) is 5.10 Å². The third-order valence-corrected chi connectivity index (χ3v) is 4.33. The molecule has 1 unspecified atom stereocenters. The highest BCUT2D eigenvalue weighted by molar-refractivity contribution is 5.94. The second-order valence-electron chi connectivity index (χ2n) is 6.41. The van der Waals surface area contributed by atoms with Crippen molar-refractivity contribution in [1.29, 1.82) is 0 Å². The molecule has 116 valence electrons. The van der Waals surface area contributed by atoms with E-state index in [-0.39, 0.29) is 17.4 Å². The lowest BCUT2D eigenvalue weighted by molar-refractivity contribution is 0.0533. The van der Waals surface area contributed by atoms with E-state index in [1.807, 2.05) is 17.0 Å². The molecule has 1 aliphatic rings. The predicted octanol–water partition coefficient (Wildman–Crippen LogP) is 0.862. The van der Waals surface area contributed by atoms with Gasteiger partial charge in [0.2, 0.25) is 0 Å². The lowest BCUT2D eigenvalue weighted by Gasteiger charge is -2.42. The maximum Gasteiger partial charge on any atom is 0.253 e. The summed E-state index contributed by atoms with van der Waals surface area (Å²) in [5, 5.41) is 11.0. The van der Waals surface area contributed by atoms with Crippen LogP contribution in [-0.4, -0.2) is 50.1 Å². The summed E-state index contributed by atoms with van der Waals surface area (Å²) in [6, 6.07) is 7.43. The second-order valence-corrected chi connectivity index (χ2v) is 6.41. The van der Waals surface area contributed by atoms with Gasteiger partial charge in [0.1, 0.15) is 6.33 Å². The first-order valence-corrected chi connectivity index (χ1v) is 7.36. The van der Waals surface area contributed by atoms with Crippen LogP contribution in [0.5, 0.6) is 0 Å². The Morgan fingerprint density at radius 1 is 1.32 bits per heavy atom. The maximum atomic E-state index is 12.6. The van der Waals surface area contributed by atoms with Crippen molar-refractivity contribution in [2.24, 2.45) is 11.1 Å². The van der Waals surface area contributed by atoms with Crippen LogP contribution in [0, 0.1) is 5.41 Å². The first-order chi connectivity index (χ1) is 10.5. The van der Waals surface area contributed by atoms with Crippen LogP contribution in [0.3, 0.4) is 0 Å². The number of rotatable bonds is 2. The van der Waals surface area contributed by atoms with E-state index in [0.29, 0.717) is 18.7 Å². The molecule has 0 spiro atoms. The van der Waals surface area contributed by atoms with Crippen LogP contribution < -0.4 is 5.73 Å². The van der Waals surface area contributed by atoms with Gasteiger partial charge in [-0.2, -0.15) is 0 Å². The fraction of sp³-hybridized carbons (Fsp3) is 0.467. The van der Waals surface area contributed by atoms with Crippen LogP contribution in [0.25, 0.3) is 5.69 Å². The molecule has 2 aromatic rings. The van der Waals surface area contributed by atoms with Gasteiger partial charge in [-0.05, 0) is 46.5 Å². The molecule has 1 atom stereocenters. The Morgan fingerprint density at radius 2 is 2.05 bits per heavy atom. The summed E-state index contributed by atoms with van der Waals surface area (Å²) >= 11 is 0. The normalized spacial score (nSPS) is 20.9. The van der Waals surface area contributed by atoms with Gasteiger partial charge < -0.3 is 10.6 Å². The van der Waals surface area contributed by atoms with E-state index in [1.54, 1.807) is 16.8 Å². The molecule has 0 radical (unpaired) electrons. The number of benzene rings is 1. The topological polar surface area (TPSA) is 89.9 Å². The Labute approximate surface area is 129 Å². The minimum absolute atomic E-state index is 0.0447. The second kappa shape index (κ2) is 5.49. The summed E-state index contributed by atoms with van der Waals surface area (Å²) < 4.78 is 1.55.